The Labute approximate surface area is 455 Å². The van der Waals surface area contributed by atoms with Gasteiger partial charge in [0.05, 0.1) is 30.3 Å². The molecule has 0 radical (unpaired) electrons. The fourth-order valence-electron chi connectivity index (χ4n) is 6.01. The van der Waals surface area contributed by atoms with Gasteiger partial charge in [0.1, 0.15) is 16.8 Å². The monoisotopic (exact) mass is 1200 g/mol. The first kappa shape index (κ1) is 79.2. The van der Waals surface area contributed by atoms with Crippen LogP contribution in [0.3, 0.4) is 0 Å². The standard InChI is InChI=1S/C10H17F2NO2.C10H19NO3.C10H17NO3.C5H9F2N.C4H10F3NS.C2Cl2O2.C2H4Cl2.2ClH/c1-9(2,3)15-8(14)13-7-5-4-6-10(7,11)12;2*1-10(2,3)14-9(13)11-7-5-4-6-8(7)12;6-5(7)3-1-2-4(5)8;1-3-8(4-2)9(5,6)7;3-1(5)2(4)6;3-1-2-4;;/h7H,4-6H2,1-3H3,(H,13,14);7-8,12H,4-6H2,1-3H3,(H,11,13);7H,4-6H2,1-3H3,(H,11,13);4H,1-3,8H2;3-4H2,1-2H3;;1-2H2;2*1H/t;7-,8-;;;;;;;/m.1......./s1. The molecule has 5 atom stereocenters. The number of hydrogen-bond donors (Lipinski definition) is 5. The Bertz CT molecular complexity index is 1570. The third kappa shape index (κ3) is 41.5. The predicted octanol–water partition coefficient (Wildman–Crippen LogP) is 12.4. The summed E-state index contributed by atoms with van der Waals surface area (Å²) in [6, 6.07) is -2.41. The van der Waals surface area contributed by atoms with Gasteiger partial charge in [-0.25, -0.2) is 31.9 Å². The molecule has 0 aromatic rings. The third-order valence-corrected chi connectivity index (χ3v) is 11.3. The molecule has 4 fully saturated rings. The molecule has 0 aromatic heterocycles. The highest BCUT2D eigenvalue weighted by Crippen LogP contribution is 2.56. The maximum atomic E-state index is 13.1. The molecule has 3 amide bonds. The number of alkyl carbamates (subject to hydrolysis) is 3. The number of Topliss-reactive ketones (excluding diaryl/α,β-unsaturated/α-hetero) is 1. The van der Waals surface area contributed by atoms with E-state index >= 15 is 0 Å². The summed E-state index contributed by atoms with van der Waals surface area (Å²) >= 11 is 14.2. The van der Waals surface area contributed by atoms with Crippen LogP contribution in [0.5, 0.6) is 0 Å². The predicted molar refractivity (Wildman–Crippen MR) is 275 cm³/mol. The Balaban J connectivity index is -0.000000250. The number of halogens is 13. The Hall–Kier alpha value is -1.70. The van der Waals surface area contributed by atoms with E-state index in [9.17, 15) is 63.1 Å². The number of nitrogens with zero attached hydrogens (tertiary/aromatic N) is 1. The van der Waals surface area contributed by atoms with E-state index in [1.165, 1.54) is 13.8 Å². The van der Waals surface area contributed by atoms with Gasteiger partial charge in [-0.05, 0) is 143 Å². The first-order chi connectivity index (χ1) is 31.7. The summed E-state index contributed by atoms with van der Waals surface area (Å²) in [5.41, 5.74) is 3.42. The Morgan fingerprint density at radius 1 is 0.667 bits per heavy atom. The number of carbonyl (C=O) groups is 6. The summed E-state index contributed by atoms with van der Waals surface area (Å²) in [5, 5.41) is 14.6. The summed E-state index contributed by atoms with van der Waals surface area (Å²) in [6.45, 7) is 19.1. The highest BCUT2D eigenvalue weighted by molar-refractivity contribution is 8.18. The Morgan fingerprint density at radius 2 is 1.07 bits per heavy atom. The summed E-state index contributed by atoms with van der Waals surface area (Å²) < 4.78 is 101. The van der Waals surface area contributed by atoms with Gasteiger partial charge in [-0.2, -0.15) is 4.31 Å². The number of nitrogens with two attached hydrogens (primary N) is 1. The van der Waals surface area contributed by atoms with Gasteiger partial charge >= 0.3 is 28.8 Å². The molecule has 0 aliphatic heterocycles. The van der Waals surface area contributed by atoms with Crippen molar-refractivity contribution in [2.24, 2.45) is 5.73 Å². The van der Waals surface area contributed by atoms with Gasteiger partial charge in [0.15, 0.2) is 5.78 Å². The average molecular weight is 1200 g/mol. The van der Waals surface area contributed by atoms with Gasteiger partial charge < -0.3 is 41.0 Å². The number of amides is 3. The fourth-order valence-corrected chi connectivity index (χ4v) is 6.60. The lowest BCUT2D eigenvalue weighted by molar-refractivity contribution is -0.127. The van der Waals surface area contributed by atoms with Gasteiger partial charge in [0.2, 0.25) is 0 Å². The molecule has 29 heteroatoms. The minimum Gasteiger partial charge on any atom is -0.444 e. The van der Waals surface area contributed by atoms with Crippen LogP contribution in [0.4, 0.5) is 43.6 Å². The number of rotatable bonds is 8. The molecule has 15 nitrogen and oxygen atoms in total. The molecule has 3 unspecified atom stereocenters. The number of carbonyl (C=O) groups excluding carboxylic acids is 6. The molecule has 4 rings (SSSR count). The maximum absolute atomic E-state index is 13.1. The third-order valence-electron chi connectivity index (χ3n) is 9.17. The summed E-state index contributed by atoms with van der Waals surface area (Å²) in [4.78, 5) is 63.9. The number of aliphatic hydroxyl groups excluding tert-OH is 1. The second-order valence-corrected chi connectivity index (χ2v) is 21.6. The van der Waals surface area contributed by atoms with E-state index in [2.05, 4.69) is 39.2 Å². The molecule has 72 heavy (non-hydrogen) atoms. The lowest BCUT2D eigenvalue weighted by Crippen LogP contribution is -2.45. The molecule has 0 aromatic carbocycles. The zero-order valence-corrected chi connectivity index (χ0v) is 48.2. The van der Waals surface area contributed by atoms with Gasteiger partial charge in [0.25, 0.3) is 23.2 Å². The maximum Gasteiger partial charge on any atom is 0.408 e. The van der Waals surface area contributed by atoms with Gasteiger partial charge in [0, 0.05) is 44.1 Å². The number of hydrogen-bond acceptors (Lipinski definition) is 12. The lowest BCUT2D eigenvalue weighted by atomic mass is 10.2. The van der Waals surface area contributed by atoms with Crippen LogP contribution in [0.1, 0.15) is 153 Å². The van der Waals surface area contributed by atoms with Crippen LogP contribution in [0, 0.1) is 0 Å². The van der Waals surface area contributed by atoms with Crippen LogP contribution < -0.4 is 21.7 Å². The number of ether oxygens (including phenoxy) is 3. The second kappa shape index (κ2) is 37.9. The molecule has 432 valence electrons. The van der Waals surface area contributed by atoms with E-state index in [1.54, 1.807) is 41.5 Å². The first-order valence-electron chi connectivity index (χ1n) is 22.6. The van der Waals surface area contributed by atoms with Crippen LogP contribution >= 0.6 is 82.6 Å². The molecule has 0 saturated heterocycles. The molecule has 6 N–H and O–H groups in total. The number of nitrogens with one attached hydrogen (secondary N) is 3. The van der Waals surface area contributed by atoms with Crippen molar-refractivity contribution < 1.29 is 77.3 Å². The molecular weight excluding hydrogens is 1120 g/mol. The largest absolute Gasteiger partial charge is 0.444 e. The van der Waals surface area contributed by atoms with Crippen molar-refractivity contribution in [3.63, 3.8) is 0 Å². The topological polar surface area (TPSA) is 216 Å². The highest BCUT2D eigenvalue weighted by Gasteiger charge is 2.45. The van der Waals surface area contributed by atoms with Crippen molar-refractivity contribution in [2.75, 3.05) is 24.8 Å². The van der Waals surface area contributed by atoms with Gasteiger partial charge in [-0.1, -0.05) is 13.8 Å². The fraction of sp³-hybridized carbons (Fsp3) is 0.860. The van der Waals surface area contributed by atoms with E-state index in [4.69, 9.17) is 43.1 Å². The zero-order chi connectivity index (χ0) is 55.5. The van der Waals surface area contributed by atoms with Crippen molar-refractivity contribution in [3.05, 3.63) is 0 Å². The quantitative estimate of drug-likeness (QED) is 0.0504. The smallest absolute Gasteiger partial charge is 0.408 e. The molecule has 4 aliphatic rings. The minimum absolute atomic E-state index is 0. The van der Waals surface area contributed by atoms with E-state index in [0.717, 1.165) is 32.1 Å². The number of ketones is 1. The van der Waals surface area contributed by atoms with Crippen molar-refractivity contribution in [1.82, 2.24) is 20.3 Å². The van der Waals surface area contributed by atoms with Crippen molar-refractivity contribution in [3.8, 4) is 0 Å². The van der Waals surface area contributed by atoms with E-state index in [1.807, 2.05) is 20.8 Å². The lowest BCUT2D eigenvalue weighted by Gasteiger charge is -2.24. The summed E-state index contributed by atoms with van der Waals surface area (Å²) in [6.07, 6.45) is 4.22. The molecule has 4 saturated carbocycles. The van der Waals surface area contributed by atoms with Crippen LogP contribution in [-0.2, 0) is 28.6 Å². The summed E-state index contributed by atoms with van der Waals surface area (Å²) in [5.74, 6) is -4.14. The van der Waals surface area contributed by atoms with E-state index in [-0.39, 0.29) is 68.6 Å². The van der Waals surface area contributed by atoms with Crippen LogP contribution in [-0.4, -0.2) is 128 Å². The SMILES string of the molecule is CC(C)(C)OC(=O)NC1CCCC1(F)F.CC(C)(C)OC(=O)NC1CCCC1=O.CC(C)(C)OC(=O)N[C@@H]1CCC[C@H]1O.CCN(CC)S(F)(F)F.Cl.Cl.ClCCCl.NC1CCCC1(F)F.O=C(Cl)C(=O)Cl. The minimum atomic E-state index is -4.93. The number of aliphatic hydroxyl groups is 1. The van der Waals surface area contributed by atoms with Crippen LogP contribution in [0.2, 0.25) is 0 Å². The number of alkyl halides is 6. The summed E-state index contributed by atoms with van der Waals surface area (Å²) in [7, 11) is 0. The zero-order valence-electron chi connectivity index (χ0n) is 42.7. The second-order valence-electron chi connectivity index (χ2n) is 18.8. The average Bonchev–Trinajstić information content (AvgIpc) is 3.95. The molecular formula is C43H78Cl6F7N5O10S. The Kier molecular flexibility index (Phi) is 41.7. The van der Waals surface area contributed by atoms with Crippen molar-refractivity contribution >= 4 is 117 Å². The van der Waals surface area contributed by atoms with Crippen molar-refractivity contribution in [1.29, 1.82) is 0 Å². The molecule has 0 heterocycles. The normalized spacial score (nSPS) is 21.7. The van der Waals surface area contributed by atoms with Gasteiger partial charge in [-0.15, -0.1) is 59.7 Å². The first-order valence-corrected chi connectivity index (χ1v) is 25.7. The molecule has 0 bridgehead atoms. The van der Waals surface area contributed by atoms with Gasteiger partial charge in [-0.3, -0.25) is 14.4 Å². The van der Waals surface area contributed by atoms with E-state index < -0.39 is 87.0 Å². The van der Waals surface area contributed by atoms with Crippen molar-refractivity contribution in [2.45, 2.75) is 212 Å². The van der Waals surface area contributed by atoms with E-state index in [0.29, 0.717) is 48.2 Å². The van der Waals surface area contributed by atoms with Crippen LogP contribution in [0.15, 0.2) is 0 Å². The van der Waals surface area contributed by atoms with Crippen LogP contribution in [0.25, 0.3) is 0 Å². The highest BCUT2D eigenvalue weighted by atomic mass is 35.5. The molecule has 0 spiro atoms. The Morgan fingerprint density at radius 3 is 1.31 bits per heavy atom. The molecule has 4 aliphatic carbocycles.